The predicted molar refractivity (Wildman–Crippen MR) is 130 cm³/mol. The summed E-state index contributed by atoms with van der Waals surface area (Å²) in [5, 5.41) is 9.71. The third-order valence-corrected chi connectivity index (χ3v) is 5.87. The highest BCUT2D eigenvalue weighted by Gasteiger charge is 2.09. The van der Waals surface area contributed by atoms with Crippen LogP contribution in [-0.4, -0.2) is 40.3 Å². The number of hydrogen-bond acceptors (Lipinski definition) is 9. The zero-order chi connectivity index (χ0) is 23.2. The molecule has 2 aromatic heterocycles. The minimum atomic E-state index is -0.264. The van der Waals surface area contributed by atoms with Gasteiger partial charge in [-0.15, -0.1) is 12.6 Å². The van der Waals surface area contributed by atoms with Crippen molar-refractivity contribution in [2.45, 2.75) is 11.3 Å². The molecule has 0 saturated carbocycles. The summed E-state index contributed by atoms with van der Waals surface area (Å²) in [6.07, 6.45) is 2.13. The van der Waals surface area contributed by atoms with Gasteiger partial charge in [-0.05, 0) is 42.0 Å². The van der Waals surface area contributed by atoms with Gasteiger partial charge >= 0.3 is 4.87 Å². The van der Waals surface area contributed by atoms with Crippen molar-refractivity contribution >= 4 is 29.9 Å². The molecule has 0 atom stereocenters. The van der Waals surface area contributed by atoms with Gasteiger partial charge in [0, 0.05) is 30.6 Å². The van der Waals surface area contributed by atoms with Crippen LogP contribution in [0, 0.1) is 0 Å². The van der Waals surface area contributed by atoms with Crippen LogP contribution in [0.4, 0.5) is 5.95 Å². The molecule has 0 saturated heterocycles. The lowest BCUT2D eigenvalue weighted by atomic mass is 10.1. The van der Waals surface area contributed by atoms with Gasteiger partial charge in [0.25, 0.3) is 0 Å². The van der Waals surface area contributed by atoms with Crippen LogP contribution in [0.3, 0.4) is 0 Å². The van der Waals surface area contributed by atoms with E-state index >= 15 is 0 Å². The molecule has 0 aliphatic rings. The lowest BCUT2D eigenvalue weighted by molar-refractivity contribution is 0.325. The first kappa shape index (κ1) is 22.7. The van der Waals surface area contributed by atoms with Gasteiger partial charge in [-0.2, -0.15) is 4.98 Å². The Bertz CT molecular complexity index is 1260. The highest BCUT2D eigenvalue weighted by Crippen LogP contribution is 2.23. The molecule has 0 fully saturated rings. The molecule has 0 bridgehead atoms. The Hall–Kier alpha value is -3.50. The van der Waals surface area contributed by atoms with Crippen molar-refractivity contribution in [2.24, 2.45) is 0 Å². The van der Waals surface area contributed by atoms with E-state index in [2.05, 4.69) is 27.6 Å². The average Bonchev–Trinajstić information content (AvgIpc) is 3.13. The van der Waals surface area contributed by atoms with E-state index in [4.69, 9.17) is 9.47 Å². The van der Waals surface area contributed by atoms with Gasteiger partial charge in [-0.25, -0.2) is 4.98 Å². The summed E-state index contributed by atoms with van der Waals surface area (Å²) in [5.74, 6) is 2.31. The number of H-pyrrole nitrogens is 1. The molecule has 170 valence electrons. The van der Waals surface area contributed by atoms with Gasteiger partial charge in [0.1, 0.15) is 18.1 Å². The van der Waals surface area contributed by atoms with E-state index in [0.717, 1.165) is 27.5 Å². The fourth-order valence-corrected chi connectivity index (χ4v) is 3.88. The molecule has 2 N–H and O–H groups in total. The van der Waals surface area contributed by atoms with Gasteiger partial charge in [0.05, 0.1) is 11.4 Å². The van der Waals surface area contributed by atoms with E-state index in [1.165, 1.54) is 0 Å². The van der Waals surface area contributed by atoms with Crippen LogP contribution in [0.1, 0.15) is 10.4 Å². The van der Waals surface area contributed by atoms with Crippen LogP contribution in [-0.2, 0) is 6.42 Å². The Morgan fingerprint density at radius 3 is 2.52 bits per heavy atom. The first-order valence-electron chi connectivity index (χ1n) is 10.1. The van der Waals surface area contributed by atoms with Crippen molar-refractivity contribution in [3.05, 3.63) is 80.9 Å². The number of nitrogens with one attached hydrogen (secondary N) is 1. The van der Waals surface area contributed by atoms with E-state index in [0.29, 0.717) is 42.0 Å². The third kappa shape index (κ3) is 6.27. The quantitative estimate of drug-likeness (QED) is 0.309. The van der Waals surface area contributed by atoms with Gasteiger partial charge in [-0.3, -0.25) is 9.78 Å². The standard InChI is InChI=1S/C23H22N4O4S2/c1-27(22-24-11-10-20(25-22)31-17-6-8-18(32)9-7-17)12-13-30-16-4-2-15(3-5-16)14-19-21(28)26-23(29)33-19/h2-11,28,32H,12-14H2,1H3,(H,26,29). The SMILES string of the molecule is CN(CCOc1ccc(Cc2sc(=O)[nH]c2O)cc1)c1nccc(Oc2ccc(S)cc2)n1. The molecule has 0 unspecified atom stereocenters. The summed E-state index contributed by atoms with van der Waals surface area (Å²) < 4.78 is 11.6. The molecule has 0 aliphatic heterocycles. The number of thiol groups is 1. The van der Waals surface area contributed by atoms with E-state index in [1.807, 2.05) is 60.5 Å². The van der Waals surface area contributed by atoms with Crippen LogP contribution in [0.15, 0.2) is 70.5 Å². The van der Waals surface area contributed by atoms with Crippen LogP contribution in [0.2, 0.25) is 0 Å². The molecule has 33 heavy (non-hydrogen) atoms. The first-order valence-corrected chi connectivity index (χ1v) is 11.4. The summed E-state index contributed by atoms with van der Waals surface area (Å²) in [6.45, 7) is 1.01. The smallest absolute Gasteiger partial charge is 0.307 e. The number of anilines is 1. The summed E-state index contributed by atoms with van der Waals surface area (Å²) in [4.78, 5) is 25.5. The van der Waals surface area contributed by atoms with Gasteiger partial charge < -0.3 is 19.5 Å². The van der Waals surface area contributed by atoms with Crippen LogP contribution >= 0.6 is 24.0 Å². The van der Waals surface area contributed by atoms with Crippen LogP contribution in [0.5, 0.6) is 23.3 Å². The normalized spacial score (nSPS) is 10.7. The highest BCUT2D eigenvalue weighted by atomic mass is 32.1. The lowest BCUT2D eigenvalue weighted by Gasteiger charge is -2.18. The Kier molecular flexibility index (Phi) is 7.16. The summed E-state index contributed by atoms with van der Waals surface area (Å²) >= 11 is 5.28. The van der Waals surface area contributed by atoms with E-state index in [9.17, 15) is 9.90 Å². The Morgan fingerprint density at radius 1 is 1.09 bits per heavy atom. The van der Waals surface area contributed by atoms with E-state index < -0.39 is 0 Å². The van der Waals surface area contributed by atoms with Crippen molar-refractivity contribution in [3.63, 3.8) is 0 Å². The largest absolute Gasteiger partial charge is 0.494 e. The average molecular weight is 483 g/mol. The maximum Gasteiger partial charge on any atom is 0.307 e. The second-order valence-electron chi connectivity index (χ2n) is 7.17. The fourth-order valence-electron chi connectivity index (χ4n) is 2.97. The number of aromatic amines is 1. The molecule has 4 aromatic rings. The molecule has 2 aromatic carbocycles. The molecule has 0 spiro atoms. The number of aromatic hydroxyl groups is 1. The van der Waals surface area contributed by atoms with Crippen LogP contribution < -0.4 is 19.2 Å². The minimum Gasteiger partial charge on any atom is -0.494 e. The fraction of sp³-hybridized carbons (Fsp3) is 0.174. The molecule has 4 rings (SSSR count). The number of aromatic nitrogens is 3. The summed E-state index contributed by atoms with van der Waals surface area (Å²) in [7, 11) is 1.88. The van der Waals surface area contributed by atoms with Crippen molar-refractivity contribution in [2.75, 3.05) is 25.1 Å². The summed E-state index contributed by atoms with van der Waals surface area (Å²) in [6, 6.07) is 16.6. The number of benzene rings is 2. The molecule has 0 radical (unpaired) electrons. The number of likely N-dealkylation sites (N-methyl/N-ethyl adjacent to an activating group) is 1. The van der Waals surface area contributed by atoms with Crippen LogP contribution in [0.25, 0.3) is 0 Å². The maximum absolute atomic E-state index is 11.3. The van der Waals surface area contributed by atoms with Gasteiger partial charge in [0.15, 0.2) is 0 Å². The molecule has 8 nitrogen and oxygen atoms in total. The first-order chi connectivity index (χ1) is 16.0. The van der Waals surface area contributed by atoms with Gasteiger partial charge in [-0.1, -0.05) is 23.5 Å². The second-order valence-corrected chi connectivity index (χ2v) is 8.75. The maximum atomic E-state index is 11.3. The van der Waals surface area contributed by atoms with E-state index in [-0.39, 0.29) is 10.8 Å². The zero-order valence-corrected chi connectivity index (χ0v) is 19.5. The van der Waals surface area contributed by atoms with Gasteiger partial charge in [0.2, 0.25) is 17.7 Å². The molecule has 0 aliphatic carbocycles. The Balaban J connectivity index is 1.28. The van der Waals surface area contributed by atoms with Crippen molar-refractivity contribution < 1.29 is 14.6 Å². The molecule has 0 amide bonds. The summed E-state index contributed by atoms with van der Waals surface area (Å²) in [5.41, 5.74) is 0.972. The van der Waals surface area contributed by atoms with Crippen molar-refractivity contribution in [1.82, 2.24) is 15.0 Å². The molecular weight excluding hydrogens is 460 g/mol. The minimum absolute atomic E-state index is 0.0689. The Morgan fingerprint density at radius 2 is 1.82 bits per heavy atom. The number of ether oxygens (including phenoxy) is 2. The molecule has 10 heteroatoms. The number of thiazole rings is 1. The number of hydrogen-bond donors (Lipinski definition) is 3. The topological polar surface area (TPSA) is 101 Å². The highest BCUT2D eigenvalue weighted by molar-refractivity contribution is 7.80. The number of nitrogens with zero attached hydrogens (tertiary/aromatic N) is 3. The predicted octanol–water partition coefficient (Wildman–Crippen LogP) is 4.12. The lowest BCUT2D eigenvalue weighted by Crippen LogP contribution is -2.25. The van der Waals surface area contributed by atoms with Crippen molar-refractivity contribution in [1.29, 1.82) is 0 Å². The van der Waals surface area contributed by atoms with E-state index in [1.54, 1.807) is 12.3 Å². The number of rotatable bonds is 9. The Labute approximate surface area is 199 Å². The molecular formula is C23H22N4O4S2. The second kappa shape index (κ2) is 10.4. The molecule has 2 heterocycles. The third-order valence-electron chi connectivity index (χ3n) is 4.70. The monoisotopic (exact) mass is 482 g/mol. The zero-order valence-electron chi connectivity index (χ0n) is 17.8. The van der Waals surface area contributed by atoms with Crippen molar-refractivity contribution in [3.8, 4) is 23.3 Å².